The van der Waals surface area contributed by atoms with Crippen molar-refractivity contribution in [2.24, 2.45) is 0 Å². The van der Waals surface area contributed by atoms with E-state index in [-0.39, 0.29) is 0 Å². The smallest absolute Gasteiger partial charge is 0.120 e. The second-order valence-corrected chi connectivity index (χ2v) is 4.64. The molecule has 0 bridgehead atoms. The van der Waals surface area contributed by atoms with Gasteiger partial charge in [0.2, 0.25) is 0 Å². The number of nitrogens with one attached hydrogen (secondary N) is 2. The lowest BCUT2D eigenvalue weighted by atomic mass is 10.0. The molecule has 0 radical (unpaired) electrons. The summed E-state index contributed by atoms with van der Waals surface area (Å²) >= 11 is 0. The van der Waals surface area contributed by atoms with Crippen molar-refractivity contribution in [3.05, 3.63) is 36.0 Å². The van der Waals surface area contributed by atoms with Gasteiger partial charge in [0.05, 0.1) is 0 Å². The predicted molar refractivity (Wildman–Crippen MR) is 64.2 cm³/mol. The van der Waals surface area contributed by atoms with Crippen molar-refractivity contribution in [1.29, 1.82) is 0 Å². The summed E-state index contributed by atoms with van der Waals surface area (Å²) in [5.41, 5.74) is 1.62. The minimum absolute atomic E-state index is 0.683. The number of fused-ring (bicyclic) bond motifs is 1. The molecule has 0 saturated carbocycles. The Labute approximate surface area is 94.5 Å². The highest BCUT2D eigenvalue weighted by Gasteiger charge is 2.30. The molecular formula is C13H16N2O. The summed E-state index contributed by atoms with van der Waals surface area (Å²) in [5, 5.41) is 14.6. The summed E-state index contributed by atoms with van der Waals surface area (Å²) < 4.78 is 0. The van der Waals surface area contributed by atoms with Crippen LogP contribution in [0.5, 0.6) is 0 Å². The zero-order chi connectivity index (χ0) is 11.0. The molecule has 0 amide bonds. The number of benzene rings is 1. The molecular weight excluding hydrogens is 200 g/mol. The van der Waals surface area contributed by atoms with Crippen molar-refractivity contribution in [2.75, 3.05) is 6.54 Å². The first-order valence-electron chi connectivity index (χ1n) is 5.79. The molecule has 1 unspecified atom stereocenters. The molecule has 1 atom stereocenters. The number of aromatic amines is 1. The Kier molecular flexibility index (Phi) is 2.23. The van der Waals surface area contributed by atoms with E-state index in [1.807, 2.05) is 6.20 Å². The Bertz CT molecular complexity index is 497. The minimum atomic E-state index is -0.694. The second kappa shape index (κ2) is 3.61. The van der Waals surface area contributed by atoms with Crippen molar-refractivity contribution in [3.8, 4) is 0 Å². The lowest BCUT2D eigenvalue weighted by Gasteiger charge is -2.22. The summed E-state index contributed by atoms with van der Waals surface area (Å²) in [6, 6.07) is 8.36. The van der Waals surface area contributed by atoms with Crippen LogP contribution in [0.25, 0.3) is 10.9 Å². The molecule has 1 aliphatic rings. The van der Waals surface area contributed by atoms with Gasteiger partial charge in [-0.15, -0.1) is 0 Å². The molecule has 1 aromatic carbocycles. The Morgan fingerprint density at radius 2 is 2.25 bits per heavy atom. The summed E-state index contributed by atoms with van der Waals surface area (Å²) in [7, 11) is 0. The van der Waals surface area contributed by atoms with E-state index in [0.29, 0.717) is 6.42 Å². The third-order valence-electron chi connectivity index (χ3n) is 3.34. The van der Waals surface area contributed by atoms with Gasteiger partial charge in [-0.05, 0) is 42.5 Å². The number of hydrogen-bond acceptors (Lipinski definition) is 2. The van der Waals surface area contributed by atoms with Gasteiger partial charge < -0.3 is 10.1 Å². The molecule has 2 aromatic rings. The molecule has 3 N–H and O–H groups in total. The van der Waals surface area contributed by atoms with Gasteiger partial charge in [0, 0.05) is 18.1 Å². The van der Waals surface area contributed by atoms with Crippen molar-refractivity contribution >= 4 is 10.9 Å². The molecule has 84 valence electrons. The van der Waals surface area contributed by atoms with E-state index in [1.165, 1.54) is 10.9 Å². The standard InChI is InChI=1S/C13H16N2O/c16-13(5-1-6-15-13)9-10-2-3-11-4-7-14-12(11)8-10/h2-4,7-8,14-16H,1,5-6,9H2. The fourth-order valence-corrected chi connectivity index (χ4v) is 2.48. The van der Waals surface area contributed by atoms with E-state index in [9.17, 15) is 5.11 Å². The van der Waals surface area contributed by atoms with Crippen LogP contribution in [0.2, 0.25) is 0 Å². The maximum atomic E-state index is 10.2. The average Bonchev–Trinajstić information content (AvgIpc) is 2.86. The van der Waals surface area contributed by atoms with Crippen LogP contribution >= 0.6 is 0 Å². The van der Waals surface area contributed by atoms with Crippen LogP contribution in [0.15, 0.2) is 30.5 Å². The van der Waals surface area contributed by atoms with Gasteiger partial charge in [-0.3, -0.25) is 5.32 Å². The second-order valence-electron chi connectivity index (χ2n) is 4.64. The highest BCUT2D eigenvalue weighted by Crippen LogP contribution is 2.23. The Morgan fingerprint density at radius 1 is 1.31 bits per heavy atom. The number of hydrogen-bond donors (Lipinski definition) is 3. The quantitative estimate of drug-likeness (QED) is 0.716. The minimum Gasteiger partial charge on any atom is -0.376 e. The fourth-order valence-electron chi connectivity index (χ4n) is 2.48. The van der Waals surface area contributed by atoms with Crippen molar-refractivity contribution < 1.29 is 5.11 Å². The van der Waals surface area contributed by atoms with Crippen LogP contribution in [-0.2, 0) is 6.42 Å². The maximum absolute atomic E-state index is 10.2. The van der Waals surface area contributed by atoms with E-state index in [2.05, 4.69) is 34.6 Å². The Balaban J connectivity index is 1.88. The summed E-state index contributed by atoms with van der Waals surface area (Å²) in [6.07, 6.45) is 4.52. The van der Waals surface area contributed by atoms with E-state index < -0.39 is 5.72 Å². The molecule has 3 heteroatoms. The SMILES string of the molecule is OC1(Cc2ccc3cc[nH]c3c2)CCCN1. The zero-order valence-corrected chi connectivity index (χ0v) is 9.16. The monoisotopic (exact) mass is 216 g/mol. The molecule has 2 heterocycles. The van der Waals surface area contributed by atoms with Gasteiger partial charge in [-0.1, -0.05) is 12.1 Å². The first-order chi connectivity index (χ1) is 7.75. The summed E-state index contributed by atoms with van der Waals surface area (Å²) in [6.45, 7) is 0.918. The zero-order valence-electron chi connectivity index (χ0n) is 9.16. The number of H-pyrrole nitrogens is 1. The molecule has 0 spiro atoms. The van der Waals surface area contributed by atoms with Crippen molar-refractivity contribution in [3.63, 3.8) is 0 Å². The molecule has 1 aliphatic heterocycles. The van der Waals surface area contributed by atoms with Gasteiger partial charge in [0.1, 0.15) is 5.72 Å². The van der Waals surface area contributed by atoms with Gasteiger partial charge in [0.15, 0.2) is 0 Å². The van der Waals surface area contributed by atoms with E-state index >= 15 is 0 Å². The number of aromatic nitrogens is 1. The van der Waals surface area contributed by atoms with E-state index in [1.54, 1.807) is 0 Å². The highest BCUT2D eigenvalue weighted by molar-refractivity contribution is 5.79. The molecule has 0 aliphatic carbocycles. The van der Waals surface area contributed by atoms with Gasteiger partial charge in [0.25, 0.3) is 0 Å². The third kappa shape index (κ3) is 1.72. The van der Waals surface area contributed by atoms with Crippen molar-refractivity contribution in [2.45, 2.75) is 25.0 Å². The fraction of sp³-hybridized carbons (Fsp3) is 0.385. The largest absolute Gasteiger partial charge is 0.376 e. The normalized spacial score (nSPS) is 25.3. The van der Waals surface area contributed by atoms with E-state index in [4.69, 9.17) is 0 Å². The maximum Gasteiger partial charge on any atom is 0.120 e. The van der Waals surface area contributed by atoms with Crippen LogP contribution < -0.4 is 5.32 Å². The molecule has 1 fully saturated rings. The van der Waals surface area contributed by atoms with Crippen LogP contribution in [-0.4, -0.2) is 22.4 Å². The van der Waals surface area contributed by atoms with Crippen molar-refractivity contribution in [1.82, 2.24) is 10.3 Å². The lowest BCUT2D eigenvalue weighted by molar-refractivity contribution is 0.0254. The third-order valence-corrected chi connectivity index (χ3v) is 3.34. The van der Waals surface area contributed by atoms with Gasteiger partial charge in [-0.25, -0.2) is 0 Å². The first kappa shape index (κ1) is 9.87. The predicted octanol–water partition coefficient (Wildman–Crippen LogP) is 1.78. The van der Waals surface area contributed by atoms with Crippen LogP contribution in [0.1, 0.15) is 18.4 Å². The lowest BCUT2D eigenvalue weighted by Crippen LogP contribution is -2.41. The molecule has 3 rings (SSSR count). The van der Waals surface area contributed by atoms with E-state index in [0.717, 1.165) is 24.9 Å². The van der Waals surface area contributed by atoms with Crippen LogP contribution in [0.4, 0.5) is 0 Å². The van der Waals surface area contributed by atoms with Crippen LogP contribution in [0.3, 0.4) is 0 Å². The molecule has 3 nitrogen and oxygen atoms in total. The van der Waals surface area contributed by atoms with Gasteiger partial charge in [-0.2, -0.15) is 0 Å². The topological polar surface area (TPSA) is 48.0 Å². The van der Waals surface area contributed by atoms with Crippen LogP contribution in [0, 0.1) is 0 Å². The summed E-state index contributed by atoms with van der Waals surface area (Å²) in [4.78, 5) is 3.20. The average molecular weight is 216 g/mol. The Hall–Kier alpha value is -1.32. The van der Waals surface area contributed by atoms with Gasteiger partial charge >= 0.3 is 0 Å². The highest BCUT2D eigenvalue weighted by atomic mass is 16.3. The molecule has 1 saturated heterocycles. The number of rotatable bonds is 2. The molecule has 16 heavy (non-hydrogen) atoms. The molecule has 1 aromatic heterocycles. The summed E-state index contributed by atoms with van der Waals surface area (Å²) in [5.74, 6) is 0. The Morgan fingerprint density at radius 3 is 3.06 bits per heavy atom. The number of aliphatic hydroxyl groups is 1. The first-order valence-corrected chi connectivity index (χ1v) is 5.79.